The first-order valence-corrected chi connectivity index (χ1v) is 10.3. The van der Waals surface area contributed by atoms with Gasteiger partial charge >= 0.3 is 6.18 Å². The fourth-order valence-electron chi connectivity index (χ4n) is 3.25. The molecule has 0 spiro atoms. The summed E-state index contributed by atoms with van der Waals surface area (Å²) in [7, 11) is -2.10. The highest BCUT2D eigenvalue weighted by Gasteiger charge is 2.32. The predicted octanol–water partition coefficient (Wildman–Crippen LogP) is 4.00. The number of aryl methyl sites for hydroxylation is 1. The van der Waals surface area contributed by atoms with Crippen molar-refractivity contribution >= 4 is 31.9 Å². The SMILES string of the molecule is CCS(=O)(=O)c1c(-c2nc3cc(C(F)(F)F)cnc3n2C)ccc2ncccc12. The quantitative estimate of drug-likeness (QED) is 0.501. The summed E-state index contributed by atoms with van der Waals surface area (Å²) >= 11 is 0. The highest BCUT2D eigenvalue weighted by molar-refractivity contribution is 7.91. The van der Waals surface area contributed by atoms with Gasteiger partial charge in [-0.05, 0) is 30.3 Å². The minimum Gasteiger partial charge on any atom is -0.312 e. The van der Waals surface area contributed by atoms with E-state index < -0.39 is 21.6 Å². The van der Waals surface area contributed by atoms with Gasteiger partial charge in [-0.15, -0.1) is 0 Å². The molecule has 1 aromatic carbocycles. The van der Waals surface area contributed by atoms with Crippen LogP contribution in [0.4, 0.5) is 13.2 Å². The van der Waals surface area contributed by atoms with Crippen molar-refractivity contribution in [3.8, 4) is 11.4 Å². The van der Waals surface area contributed by atoms with Crippen LogP contribution in [0.3, 0.4) is 0 Å². The van der Waals surface area contributed by atoms with Crippen molar-refractivity contribution in [2.24, 2.45) is 7.05 Å². The number of fused-ring (bicyclic) bond motifs is 2. The molecule has 3 aromatic heterocycles. The van der Waals surface area contributed by atoms with E-state index in [2.05, 4.69) is 15.0 Å². The molecule has 6 nitrogen and oxygen atoms in total. The molecule has 0 aliphatic rings. The van der Waals surface area contributed by atoms with E-state index in [9.17, 15) is 21.6 Å². The zero-order valence-electron chi connectivity index (χ0n) is 15.4. The van der Waals surface area contributed by atoms with Crippen LogP contribution >= 0.6 is 0 Å². The summed E-state index contributed by atoms with van der Waals surface area (Å²) in [5.41, 5.74) is 0.127. The van der Waals surface area contributed by atoms with Gasteiger partial charge in [0.1, 0.15) is 11.3 Å². The van der Waals surface area contributed by atoms with Gasteiger partial charge in [0, 0.05) is 30.4 Å². The van der Waals surface area contributed by atoms with E-state index in [0.717, 1.165) is 12.3 Å². The summed E-state index contributed by atoms with van der Waals surface area (Å²) < 4.78 is 66.3. The first-order chi connectivity index (χ1) is 13.6. The topological polar surface area (TPSA) is 77.7 Å². The van der Waals surface area contributed by atoms with Crippen molar-refractivity contribution in [1.29, 1.82) is 0 Å². The molecule has 10 heteroatoms. The third-order valence-electron chi connectivity index (χ3n) is 4.70. The Morgan fingerprint density at radius 3 is 2.55 bits per heavy atom. The number of alkyl halides is 3. The molecule has 0 amide bonds. The first-order valence-electron chi connectivity index (χ1n) is 8.64. The van der Waals surface area contributed by atoms with E-state index in [0.29, 0.717) is 16.5 Å². The number of hydrogen-bond acceptors (Lipinski definition) is 5. The third-order valence-corrected chi connectivity index (χ3v) is 6.53. The molecule has 0 fully saturated rings. The fourth-order valence-corrected chi connectivity index (χ4v) is 4.54. The lowest BCUT2D eigenvalue weighted by Crippen LogP contribution is -2.08. The number of pyridine rings is 2. The van der Waals surface area contributed by atoms with Crippen molar-refractivity contribution in [2.75, 3.05) is 5.75 Å². The van der Waals surface area contributed by atoms with Crippen molar-refractivity contribution in [3.05, 3.63) is 48.3 Å². The smallest absolute Gasteiger partial charge is 0.312 e. The molecule has 0 bridgehead atoms. The Hall–Kier alpha value is -3.01. The van der Waals surface area contributed by atoms with E-state index in [4.69, 9.17) is 0 Å². The maximum atomic E-state index is 13.0. The summed E-state index contributed by atoms with van der Waals surface area (Å²) in [5, 5.41) is 0.433. The molecular weight excluding hydrogens is 405 g/mol. The molecular formula is C19H15F3N4O2S. The molecule has 0 aliphatic carbocycles. The fraction of sp³-hybridized carbons (Fsp3) is 0.211. The number of aromatic nitrogens is 4. The van der Waals surface area contributed by atoms with Crippen LogP contribution in [-0.4, -0.2) is 33.7 Å². The van der Waals surface area contributed by atoms with Crippen LogP contribution in [0.2, 0.25) is 0 Å². The second kappa shape index (κ2) is 6.51. The summed E-state index contributed by atoms with van der Waals surface area (Å²) in [6, 6.07) is 7.42. The van der Waals surface area contributed by atoms with Crippen LogP contribution in [-0.2, 0) is 23.1 Å². The van der Waals surface area contributed by atoms with E-state index >= 15 is 0 Å². The molecule has 0 unspecified atom stereocenters. The lowest BCUT2D eigenvalue weighted by Gasteiger charge is -2.12. The molecule has 0 N–H and O–H groups in total. The van der Waals surface area contributed by atoms with Gasteiger partial charge in [-0.2, -0.15) is 13.2 Å². The van der Waals surface area contributed by atoms with Crippen LogP contribution in [0.5, 0.6) is 0 Å². The number of imidazole rings is 1. The number of nitrogens with zero attached hydrogens (tertiary/aromatic N) is 4. The van der Waals surface area contributed by atoms with Crippen molar-refractivity contribution < 1.29 is 21.6 Å². The van der Waals surface area contributed by atoms with Crippen molar-refractivity contribution in [2.45, 2.75) is 18.0 Å². The zero-order valence-corrected chi connectivity index (χ0v) is 16.2. The van der Waals surface area contributed by atoms with E-state index in [1.807, 2.05) is 0 Å². The Bertz CT molecular complexity index is 1360. The van der Waals surface area contributed by atoms with E-state index in [1.165, 1.54) is 11.5 Å². The molecule has 0 saturated carbocycles. The largest absolute Gasteiger partial charge is 0.417 e. The Kier molecular flexibility index (Phi) is 4.34. The summed E-state index contributed by atoms with van der Waals surface area (Å²) in [5.74, 6) is 0.0682. The minimum atomic E-state index is -4.55. The van der Waals surface area contributed by atoms with Gasteiger partial charge in [0.05, 0.1) is 21.7 Å². The standard InChI is InChI=1S/C19H15F3N4O2S/c1-3-29(27,28)16-12-5-4-8-23-14(12)7-6-13(16)17-25-15-9-11(19(20,21)22)10-24-18(15)26(17)2/h4-10H,3H2,1-2H3. The average molecular weight is 420 g/mol. The van der Waals surface area contributed by atoms with Crippen LogP contribution in [0.25, 0.3) is 33.5 Å². The maximum absolute atomic E-state index is 13.0. The molecule has 0 radical (unpaired) electrons. The van der Waals surface area contributed by atoms with Gasteiger partial charge in [-0.1, -0.05) is 6.92 Å². The lowest BCUT2D eigenvalue weighted by molar-refractivity contribution is -0.137. The van der Waals surface area contributed by atoms with Gasteiger partial charge < -0.3 is 4.57 Å². The summed E-state index contributed by atoms with van der Waals surface area (Å²) in [6.07, 6.45) is -2.26. The van der Waals surface area contributed by atoms with Crippen LogP contribution in [0, 0.1) is 0 Å². The van der Waals surface area contributed by atoms with E-state index in [-0.39, 0.29) is 27.6 Å². The van der Waals surface area contributed by atoms with Crippen molar-refractivity contribution in [1.82, 2.24) is 19.5 Å². The van der Waals surface area contributed by atoms with Gasteiger partial charge in [-0.3, -0.25) is 4.98 Å². The highest BCUT2D eigenvalue weighted by Crippen LogP contribution is 2.36. The first kappa shape index (κ1) is 19.3. The van der Waals surface area contributed by atoms with Gasteiger partial charge in [0.25, 0.3) is 0 Å². The normalized spacial score (nSPS) is 12.7. The number of hydrogen-bond donors (Lipinski definition) is 0. The molecule has 4 aromatic rings. The monoisotopic (exact) mass is 420 g/mol. The molecule has 0 aliphatic heterocycles. The Morgan fingerprint density at radius 2 is 1.86 bits per heavy atom. The summed E-state index contributed by atoms with van der Waals surface area (Å²) in [4.78, 5) is 12.4. The second-order valence-electron chi connectivity index (χ2n) is 6.47. The second-order valence-corrected chi connectivity index (χ2v) is 8.69. The number of benzene rings is 1. The molecule has 150 valence electrons. The Morgan fingerprint density at radius 1 is 1.10 bits per heavy atom. The molecule has 4 rings (SSSR count). The lowest BCUT2D eigenvalue weighted by atomic mass is 10.1. The summed E-state index contributed by atoms with van der Waals surface area (Å²) in [6.45, 7) is 1.53. The average Bonchev–Trinajstić information content (AvgIpc) is 3.02. The molecule has 0 saturated heterocycles. The van der Waals surface area contributed by atoms with Crippen LogP contribution in [0.15, 0.2) is 47.6 Å². The zero-order chi connectivity index (χ0) is 21.0. The van der Waals surface area contributed by atoms with E-state index in [1.54, 1.807) is 37.5 Å². The molecule has 3 heterocycles. The number of sulfone groups is 1. The maximum Gasteiger partial charge on any atom is 0.417 e. The minimum absolute atomic E-state index is 0.0310. The van der Waals surface area contributed by atoms with Gasteiger partial charge in [0.15, 0.2) is 15.5 Å². The highest BCUT2D eigenvalue weighted by atomic mass is 32.2. The molecule has 0 atom stereocenters. The van der Waals surface area contributed by atoms with Crippen molar-refractivity contribution in [3.63, 3.8) is 0 Å². The van der Waals surface area contributed by atoms with Crippen LogP contribution < -0.4 is 0 Å². The number of halogens is 3. The Balaban J connectivity index is 2.06. The molecule has 29 heavy (non-hydrogen) atoms. The van der Waals surface area contributed by atoms with Crippen LogP contribution in [0.1, 0.15) is 12.5 Å². The van der Waals surface area contributed by atoms with Gasteiger partial charge in [0.2, 0.25) is 0 Å². The number of rotatable bonds is 3. The third kappa shape index (κ3) is 3.13. The predicted molar refractivity (Wildman–Crippen MR) is 102 cm³/mol. The van der Waals surface area contributed by atoms with Gasteiger partial charge in [-0.25, -0.2) is 18.4 Å². The Labute approximate surface area is 164 Å².